The van der Waals surface area contributed by atoms with Crippen LogP contribution in [-0.2, 0) is 17.5 Å². The van der Waals surface area contributed by atoms with E-state index in [0.29, 0.717) is 0 Å². The number of nitro groups is 1. The Morgan fingerprint density at radius 1 is 1.42 bits per heavy atom. The summed E-state index contributed by atoms with van der Waals surface area (Å²) in [5, 5.41) is 19.0. The molecule has 24 heavy (non-hydrogen) atoms. The number of halogens is 4. The summed E-state index contributed by atoms with van der Waals surface area (Å²) in [6, 6.07) is 0.193. The zero-order chi connectivity index (χ0) is 18.4. The summed E-state index contributed by atoms with van der Waals surface area (Å²) < 4.78 is 39.2. The minimum absolute atomic E-state index is 0.193. The Morgan fingerprint density at radius 2 is 2.00 bits per heavy atom. The van der Waals surface area contributed by atoms with Crippen LogP contribution in [0.4, 0.5) is 18.9 Å². The second-order valence-corrected chi connectivity index (χ2v) is 4.88. The van der Waals surface area contributed by atoms with Crippen LogP contribution in [0.3, 0.4) is 0 Å². The number of aliphatic carboxylic acids is 1. The number of benzene rings is 1. The lowest BCUT2D eigenvalue weighted by Gasteiger charge is -2.13. The molecule has 0 aliphatic carbocycles. The number of aromatic nitrogens is 2. The summed E-state index contributed by atoms with van der Waals surface area (Å²) in [7, 11) is 0. The van der Waals surface area contributed by atoms with Crippen molar-refractivity contribution in [3.05, 3.63) is 47.5 Å². The van der Waals surface area contributed by atoms with E-state index in [1.807, 2.05) is 0 Å². The minimum atomic E-state index is -5.18. The van der Waals surface area contributed by atoms with E-state index in [0.717, 1.165) is 0 Å². The summed E-state index contributed by atoms with van der Waals surface area (Å²) in [6.45, 7) is -1.12. The van der Waals surface area contributed by atoms with Gasteiger partial charge in [-0.15, -0.1) is 0 Å². The van der Waals surface area contributed by atoms with Crippen LogP contribution in [0.25, 0.3) is 11.0 Å². The maximum atomic E-state index is 13.0. The number of aromatic amines is 1. The van der Waals surface area contributed by atoms with Crippen molar-refractivity contribution in [3.8, 4) is 0 Å². The number of nitrogens with zero attached hydrogens (tertiary/aromatic N) is 2. The molecule has 0 saturated heterocycles. The summed E-state index contributed by atoms with van der Waals surface area (Å²) in [5.74, 6) is -1.61. The van der Waals surface area contributed by atoms with Crippen molar-refractivity contribution in [2.24, 2.45) is 0 Å². The fraction of sp³-hybridized carbons (Fsp3) is 0.182. The first-order valence-corrected chi connectivity index (χ1v) is 6.25. The lowest BCUT2D eigenvalue weighted by Crippen LogP contribution is -2.38. The Kier molecular flexibility index (Phi) is 4.10. The van der Waals surface area contributed by atoms with Crippen LogP contribution in [0.5, 0.6) is 0 Å². The predicted octanol–water partition coefficient (Wildman–Crippen LogP) is 1.35. The third kappa shape index (κ3) is 2.82. The highest BCUT2D eigenvalue weighted by Crippen LogP contribution is 2.41. The Balaban J connectivity index is 3.15. The minimum Gasteiger partial charge on any atom is -0.480 e. The third-order valence-electron chi connectivity index (χ3n) is 2.96. The molecule has 0 spiro atoms. The van der Waals surface area contributed by atoms with Crippen LogP contribution in [0.2, 0.25) is 5.02 Å². The van der Waals surface area contributed by atoms with Crippen LogP contribution < -0.4 is 11.1 Å². The summed E-state index contributed by atoms with van der Waals surface area (Å²) in [5.41, 5.74) is -7.93. The molecule has 2 rings (SSSR count). The molecule has 1 aromatic carbocycles. The first-order chi connectivity index (χ1) is 10.9. The molecular weight excluding hydrogens is 363 g/mol. The molecule has 128 valence electrons. The highest BCUT2D eigenvalue weighted by atomic mass is 35.5. The van der Waals surface area contributed by atoms with E-state index in [9.17, 15) is 37.7 Å². The molecule has 1 heterocycles. The molecule has 2 N–H and O–H groups in total. The van der Waals surface area contributed by atoms with E-state index in [4.69, 9.17) is 16.7 Å². The zero-order valence-electron chi connectivity index (χ0n) is 11.2. The smallest absolute Gasteiger partial charge is 0.423 e. The van der Waals surface area contributed by atoms with E-state index in [1.54, 1.807) is 4.98 Å². The molecular formula is C11H5ClF3N3O6. The number of carboxylic acid groups (broad SMARTS) is 1. The Bertz CT molecular complexity index is 994. The monoisotopic (exact) mass is 367 g/mol. The molecule has 2 aromatic rings. The van der Waals surface area contributed by atoms with Crippen molar-refractivity contribution < 1.29 is 28.0 Å². The standard InChI is InChI=1S/C11H5ClF3N3O6/c12-4-1-3(11(13,14)15)7(18(23)24)6-8(4)17(2-5(19)20)10(22)9(21)16-6/h1H,2H2,(H,16,21)(H,19,20). The van der Waals surface area contributed by atoms with Crippen molar-refractivity contribution in [3.63, 3.8) is 0 Å². The Morgan fingerprint density at radius 3 is 2.46 bits per heavy atom. The Labute approximate surface area is 133 Å². The van der Waals surface area contributed by atoms with E-state index in [-0.39, 0.29) is 10.6 Å². The fourth-order valence-electron chi connectivity index (χ4n) is 2.09. The molecule has 0 saturated carbocycles. The van der Waals surface area contributed by atoms with Gasteiger partial charge in [-0.3, -0.25) is 29.1 Å². The van der Waals surface area contributed by atoms with Crippen LogP contribution in [-0.4, -0.2) is 25.6 Å². The number of hydrogen-bond acceptors (Lipinski definition) is 5. The second kappa shape index (κ2) is 5.63. The van der Waals surface area contributed by atoms with Gasteiger partial charge >= 0.3 is 29.0 Å². The van der Waals surface area contributed by atoms with E-state index < -0.39 is 62.0 Å². The van der Waals surface area contributed by atoms with Gasteiger partial charge in [0.15, 0.2) is 0 Å². The van der Waals surface area contributed by atoms with Gasteiger partial charge < -0.3 is 10.1 Å². The average molecular weight is 368 g/mol. The van der Waals surface area contributed by atoms with Crippen molar-refractivity contribution in [1.29, 1.82) is 0 Å². The molecule has 13 heteroatoms. The molecule has 0 radical (unpaired) electrons. The molecule has 0 atom stereocenters. The van der Waals surface area contributed by atoms with Gasteiger partial charge in [-0.25, -0.2) is 0 Å². The number of H-pyrrole nitrogens is 1. The van der Waals surface area contributed by atoms with Gasteiger partial charge in [0.25, 0.3) is 0 Å². The first kappa shape index (κ1) is 17.5. The average Bonchev–Trinajstić information content (AvgIpc) is 2.41. The largest absolute Gasteiger partial charge is 0.480 e. The van der Waals surface area contributed by atoms with Gasteiger partial charge in [0.05, 0.1) is 15.5 Å². The normalized spacial score (nSPS) is 11.7. The quantitative estimate of drug-likeness (QED) is 0.477. The lowest BCUT2D eigenvalue weighted by molar-refractivity contribution is -0.386. The number of hydrogen-bond donors (Lipinski definition) is 2. The highest BCUT2D eigenvalue weighted by Gasteiger charge is 2.41. The zero-order valence-corrected chi connectivity index (χ0v) is 11.9. The maximum absolute atomic E-state index is 13.0. The highest BCUT2D eigenvalue weighted by molar-refractivity contribution is 6.35. The number of carbonyl (C=O) groups is 1. The number of rotatable bonds is 3. The lowest BCUT2D eigenvalue weighted by atomic mass is 10.1. The van der Waals surface area contributed by atoms with Crippen molar-refractivity contribution in [2.45, 2.75) is 12.7 Å². The van der Waals surface area contributed by atoms with Gasteiger partial charge in [0.1, 0.15) is 17.6 Å². The Hall–Kier alpha value is -2.89. The molecule has 0 fully saturated rings. The maximum Gasteiger partial charge on any atom is 0.423 e. The molecule has 0 aliphatic heterocycles. The number of carboxylic acids is 1. The van der Waals surface area contributed by atoms with E-state index >= 15 is 0 Å². The van der Waals surface area contributed by atoms with E-state index in [1.165, 1.54) is 0 Å². The van der Waals surface area contributed by atoms with Crippen molar-refractivity contribution in [2.75, 3.05) is 0 Å². The van der Waals surface area contributed by atoms with Gasteiger partial charge in [0.2, 0.25) is 0 Å². The molecule has 0 bridgehead atoms. The summed E-state index contributed by atoms with van der Waals surface area (Å²) in [6.07, 6.45) is -5.18. The van der Waals surface area contributed by atoms with Gasteiger partial charge in [0, 0.05) is 0 Å². The van der Waals surface area contributed by atoms with Crippen LogP contribution in [0.15, 0.2) is 15.7 Å². The van der Waals surface area contributed by atoms with Crippen LogP contribution >= 0.6 is 11.6 Å². The third-order valence-corrected chi connectivity index (χ3v) is 3.24. The van der Waals surface area contributed by atoms with Gasteiger partial charge in [-0.1, -0.05) is 11.6 Å². The molecule has 1 aromatic heterocycles. The molecule has 0 unspecified atom stereocenters. The van der Waals surface area contributed by atoms with Crippen LogP contribution in [0.1, 0.15) is 5.56 Å². The topological polar surface area (TPSA) is 135 Å². The number of nitro benzene ring substituents is 1. The summed E-state index contributed by atoms with van der Waals surface area (Å²) >= 11 is 5.66. The van der Waals surface area contributed by atoms with Gasteiger partial charge in [-0.05, 0) is 6.07 Å². The predicted molar refractivity (Wildman–Crippen MR) is 73.1 cm³/mol. The molecule has 0 amide bonds. The van der Waals surface area contributed by atoms with Gasteiger partial charge in [-0.2, -0.15) is 13.2 Å². The molecule has 0 aliphatic rings. The van der Waals surface area contributed by atoms with Crippen molar-refractivity contribution >= 4 is 34.3 Å². The van der Waals surface area contributed by atoms with Crippen LogP contribution in [0, 0.1) is 10.1 Å². The number of nitrogens with one attached hydrogen (secondary N) is 1. The number of alkyl halides is 3. The second-order valence-electron chi connectivity index (χ2n) is 4.47. The van der Waals surface area contributed by atoms with Crippen molar-refractivity contribution in [1.82, 2.24) is 9.55 Å². The number of fused-ring (bicyclic) bond motifs is 1. The fourth-order valence-corrected chi connectivity index (χ4v) is 2.40. The molecule has 9 nitrogen and oxygen atoms in total. The SMILES string of the molecule is O=C(O)Cn1c(=O)c(=O)[nH]c2c([N+](=O)[O-])c(C(F)(F)F)cc(Cl)c21. The first-order valence-electron chi connectivity index (χ1n) is 5.88. The van der Waals surface area contributed by atoms with E-state index in [2.05, 4.69) is 0 Å². The summed E-state index contributed by atoms with van der Waals surface area (Å²) in [4.78, 5) is 45.4.